The van der Waals surface area contributed by atoms with Gasteiger partial charge in [-0.3, -0.25) is 9.48 Å². The Kier molecular flexibility index (Phi) is 6.46. The number of halogens is 1. The third-order valence-electron chi connectivity index (χ3n) is 6.58. The minimum Gasteiger partial charge on any atom is -0.340 e. The van der Waals surface area contributed by atoms with Gasteiger partial charge in [0.25, 0.3) is 5.56 Å². The topological polar surface area (TPSA) is 68.0 Å². The normalized spacial score (nSPS) is 14.3. The van der Waals surface area contributed by atoms with Crippen molar-refractivity contribution in [1.29, 1.82) is 0 Å². The molecule has 8 heteroatoms. The highest BCUT2D eigenvalue weighted by Crippen LogP contribution is 2.32. The second-order valence-electron chi connectivity index (χ2n) is 8.97. The second kappa shape index (κ2) is 9.84. The lowest BCUT2D eigenvalue weighted by atomic mass is 10.0. The molecule has 1 aliphatic rings. The molecule has 5 rings (SSSR count). The maximum absolute atomic E-state index is 13.8. The van der Waals surface area contributed by atoms with E-state index < -0.39 is 0 Å². The van der Waals surface area contributed by atoms with Crippen LogP contribution in [0.1, 0.15) is 24.4 Å². The molecule has 0 aliphatic carbocycles. The Balaban J connectivity index is 1.61. The molecule has 4 aromatic rings. The summed E-state index contributed by atoms with van der Waals surface area (Å²) < 4.78 is 17.5. The fourth-order valence-corrected chi connectivity index (χ4v) is 4.85. The van der Waals surface area contributed by atoms with Crippen LogP contribution in [0.25, 0.3) is 22.5 Å². The number of hydrogen-bond donors (Lipinski definition) is 1. The third kappa shape index (κ3) is 4.61. The van der Waals surface area contributed by atoms with Crippen molar-refractivity contribution in [1.82, 2.24) is 24.6 Å². The Labute approximate surface area is 203 Å². The van der Waals surface area contributed by atoms with Gasteiger partial charge < -0.3 is 10.2 Å². The van der Waals surface area contributed by atoms with E-state index in [2.05, 4.69) is 22.4 Å². The first kappa shape index (κ1) is 23.0. The Morgan fingerprint density at radius 3 is 2.49 bits per heavy atom. The molecule has 7 nitrogen and oxygen atoms in total. The molecule has 0 spiro atoms. The minimum absolute atomic E-state index is 0.0844. The highest BCUT2D eigenvalue weighted by molar-refractivity contribution is 5.79. The summed E-state index contributed by atoms with van der Waals surface area (Å²) in [7, 11) is 3.85. The number of piperidine rings is 1. The van der Waals surface area contributed by atoms with Gasteiger partial charge >= 0.3 is 0 Å². The lowest BCUT2D eigenvalue weighted by Gasteiger charge is -2.25. The molecule has 1 N–H and O–H groups in total. The van der Waals surface area contributed by atoms with Crippen molar-refractivity contribution < 1.29 is 4.39 Å². The van der Waals surface area contributed by atoms with Gasteiger partial charge in [-0.2, -0.15) is 0 Å². The van der Waals surface area contributed by atoms with Crippen LogP contribution in [0.2, 0.25) is 0 Å². The zero-order chi connectivity index (χ0) is 24.4. The molecule has 0 radical (unpaired) electrons. The maximum atomic E-state index is 13.8. The van der Waals surface area contributed by atoms with E-state index >= 15 is 0 Å². The highest BCUT2D eigenvalue weighted by atomic mass is 19.1. The van der Waals surface area contributed by atoms with E-state index in [1.165, 1.54) is 12.1 Å². The van der Waals surface area contributed by atoms with Crippen molar-refractivity contribution in [2.24, 2.45) is 7.05 Å². The van der Waals surface area contributed by atoms with Gasteiger partial charge in [0.15, 0.2) is 0 Å². The summed E-state index contributed by atoms with van der Waals surface area (Å²) in [6.07, 6.45) is 3.46. The monoisotopic (exact) mass is 472 g/mol. The van der Waals surface area contributed by atoms with E-state index in [9.17, 15) is 9.18 Å². The molecule has 0 unspecified atom stereocenters. The van der Waals surface area contributed by atoms with Crippen LogP contribution in [0.3, 0.4) is 0 Å². The van der Waals surface area contributed by atoms with Crippen LogP contribution >= 0.6 is 0 Å². The largest absolute Gasteiger partial charge is 0.340 e. The van der Waals surface area contributed by atoms with Gasteiger partial charge in [-0.15, -0.1) is 0 Å². The lowest BCUT2D eigenvalue weighted by Crippen LogP contribution is -2.35. The predicted molar refractivity (Wildman–Crippen MR) is 136 cm³/mol. The summed E-state index contributed by atoms with van der Waals surface area (Å²) in [5, 5.41) is 3.36. The van der Waals surface area contributed by atoms with E-state index in [-0.39, 0.29) is 17.4 Å². The Bertz CT molecular complexity index is 1360. The summed E-state index contributed by atoms with van der Waals surface area (Å²) in [6.45, 7) is 2.39. The zero-order valence-corrected chi connectivity index (χ0v) is 20.0. The average Bonchev–Trinajstić information content (AvgIpc) is 3.15. The number of nitrogens with one attached hydrogen (secondary N) is 1. The highest BCUT2D eigenvalue weighted by Gasteiger charge is 2.27. The van der Waals surface area contributed by atoms with Crippen LogP contribution in [0, 0.1) is 5.82 Å². The third-order valence-corrected chi connectivity index (χ3v) is 6.58. The van der Waals surface area contributed by atoms with E-state index in [0.29, 0.717) is 35.0 Å². The van der Waals surface area contributed by atoms with Crippen LogP contribution < -0.4 is 15.8 Å². The molecule has 0 amide bonds. The van der Waals surface area contributed by atoms with Crippen molar-refractivity contribution >= 4 is 5.95 Å². The first-order chi connectivity index (χ1) is 17.0. The number of hydrogen-bond acceptors (Lipinski definition) is 5. The molecule has 1 fully saturated rings. The Morgan fingerprint density at radius 1 is 1.06 bits per heavy atom. The fraction of sp³-hybridized carbons (Fsp3) is 0.296. The van der Waals surface area contributed by atoms with E-state index in [4.69, 9.17) is 4.98 Å². The van der Waals surface area contributed by atoms with E-state index in [1.807, 2.05) is 52.6 Å². The fourth-order valence-electron chi connectivity index (χ4n) is 4.85. The summed E-state index contributed by atoms with van der Waals surface area (Å²) in [4.78, 5) is 25.1. The molecule has 1 saturated heterocycles. The number of rotatable bonds is 6. The van der Waals surface area contributed by atoms with Gasteiger partial charge in [0, 0.05) is 26.8 Å². The summed E-state index contributed by atoms with van der Waals surface area (Å²) in [5.74, 6) is 0.232. The number of anilines is 1. The summed E-state index contributed by atoms with van der Waals surface area (Å²) >= 11 is 0. The minimum atomic E-state index is -0.336. The van der Waals surface area contributed by atoms with Gasteiger partial charge in [0.1, 0.15) is 5.82 Å². The van der Waals surface area contributed by atoms with Gasteiger partial charge in [-0.05, 0) is 55.3 Å². The molecule has 0 bridgehead atoms. The first-order valence-corrected chi connectivity index (χ1v) is 11.9. The SMILES string of the molecule is CN(Cc1ccccc1)c1nccc(-c2c(-c3ccc(F)cc3)c(=O)n(C3CCNCC3)n2C)n1. The van der Waals surface area contributed by atoms with Gasteiger partial charge in [0.2, 0.25) is 5.95 Å². The van der Waals surface area contributed by atoms with E-state index in [1.54, 1.807) is 18.3 Å². The second-order valence-corrected chi connectivity index (χ2v) is 8.97. The van der Waals surface area contributed by atoms with Crippen LogP contribution in [0.15, 0.2) is 71.7 Å². The molecule has 180 valence electrons. The van der Waals surface area contributed by atoms with Crippen LogP contribution in [-0.4, -0.2) is 39.5 Å². The quantitative estimate of drug-likeness (QED) is 0.459. The molecule has 0 saturated carbocycles. The summed E-state index contributed by atoms with van der Waals surface area (Å²) in [6, 6.07) is 18.1. The average molecular weight is 473 g/mol. The van der Waals surface area contributed by atoms with Crippen molar-refractivity contribution in [3.05, 3.63) is 88.6 Å². The summed E-state index contributed by atoms with van der Waals surface area (Å²) in [5.41, 5.74) is 3.63. The molecule has 35 heavy (non-hydrogen) atoms. The molecular formula is C27H29FN6O. The van der Waals surface area contributed by atoms with Crippen molar-refractivity contribution in [3.63, 3.8) is 0 Å². The van der Waals surface area contributed by atoms with Crippen LogP contribution in [0.4, 0.5) is 10.3 Å². The zero-order valence-electron chi connectivity index (χ0n) is 20.0. The number of aromatic nitrogens is 4. The maximum Gasteiger partial charge on any atom is 0.275 e. The van der Waals surface area contributed by atoms with Gasteiger partial charge in [-0.25, -0.2) is 19.0 Å². The van der Waals surface area contributed by atoms with Gasteiger partial charge in [-0.1, -0.05) is 42.5 Å². The molecule has 0 atom stereocenters. The van der Waals surface area contributed by atoms with Crippen molar-refractivity contribution in [2.75, 3.05) is 25.0 Å². The van der Waals surface area contributed by atoms with Crippen molar-refractivity contribution in [2.45, 2.75) is 25.4 Å². The molecular weight excluding hydrogens is 443 g/mol. The first-order valence-electron chi connectivity index (χ1n) is 11.9. The predicted octanol–water partition coefficient (Wildman–Crippen LogP) is 4.01. The Morgan fingerprint density at radius 2 is 1.77 bits per heavy atom. The smallest absolute Gasteiger partial charge is 0.275 e. The van der Waals surface area contributed by atoms with Crippen LogP contribution in [-0.2, 0) is 13.6 Å². The standard InChI is InChI=1S/C27H29FN6O/c1-32(18-19-6-4-3-5-7-19)27-30-17-14-23(31-27)25-24(20-8-10-21(28)11-9-20)26(35)34(33(25)2)22-12-15-29-16-13-22/h3-11,14,17,22,29H,12-13,15-16,18H2,1-2H3. The molecule has 2 aromatic carbocycles. The number of nitrogens with zero attached hydrogens (tertiary/aromatic N) is 5. The van der Waals surface area contributed by atoms with Crippen LogP contribution in [0.5, 0.6) is 0 Å². The number of benzene rings is 2. The van der Waals surface area contributed by atoms with Gasteiger partial charge in [0.05, 0.1) is 23.0 Å². The molecule has 1 aliphatic heterocycles. The molecule has 3 heterocycles. The lowest BCUT2D eigenvalue weighted by molar-refractivity contribution is 0.307. The molecule has 2 aromatic heterocycles. The van der Waals surface area contributed by atoms with Crippen molar-refractivity contribution in [3.8, 4) is 22.5 Å². The Hall–Kier alpha value is -3.78. The van der Waals surface area contributed by atoms with E-state index in [0.717, 1.165) is 31.5 Å².